The highest BCUT2D eigenvalue weighted by molar-refractivity contribution is 6.37. The molecule has 0 fully saturated rings. The van der Waals surface area contributed by atoms with Gasteiger partial charge in [-0.15, -0.1) is 0 Å². The lowest BCUT2D eigenvalue weighted by Crippen LogP contribution is -2.21. The zero-order chi connectivity index (χ0) is 21.6. The van der Waals surface area contributed by atoms with E-state index in [0.717, 1.165) is 28.3 Å². The summed E-state index contributed by atoms with van der Waals surface area (Å²) >= 11 is 0. The van der Waals surface area contributed by atoms with Crippen LogP contribution in [-0.4, -0.2) is 25.3 Å². The summed E-state index contributed by atoms with van der Waals surface area (Å²) in [4.78, 5) is 13.3. The van der Waals surface area contributed by atoms with Crippen LogP contribution in [0.4, 0.5) is 5.69 Å². The monoisotopic (exact) mass is 410 g/mol. The zero-order valence-corrected chi connectivity index (χ0v) is 17.2. The summed E-state index contributed by atoms with van der Waals surface area (Å²) in [6.07, 6.45) is 3.55. The Morgan fingerprint density at radius 1 is 0.935 bits per heavy atom. The largest absolute Gasteiger partial charge is 0.497 e. The highest BCUT2D eigenvalue weighted by Gasteiger charge is 2.32. The number of anilines is 1. The van der Waals surface area contributed by atoms with Crippen molar-refractivity contribution in [3.8, 4) is 11.5 Å². The number of carbonyl (C=O) groups excluding carboxylic acids is 1. The number of hydrazone groups is 1. The number of benzene rings is 3. The summed E-state index contributed by atoms with van der Waals surface area (Å²) in [6.45, 7) is 4.10. The Kier molecular flexibility index (Phi) is 5.94. The maximum Gasteiger partial charge on any atom is 0.281 e. The van der Waals surface area contributed by atoms with Gasteiger partial charge in [-0.3, -0.25) is 4.79 Å². The van der Waals surface area contributed by atoms with Crippen molar-refractivity contribution in [3.63, 3.8) is 0 Å². The highest BCUT2D eigenvalue weighted by Crippen LogP contribution is 2.28. The first-order chi connectivity index (χ1) is 15.2. The predicted molar refractivity (Wildman–Crippen MR) is 124 cm³/mol. The van der Waals surface area contributed by atoms with E-state index in [1.165, 1.54) is 5.01 Å². The molecule has 0 saturated carbocycles. The summed E-state index contributed by atoms with van der Waals surface area (Å²) in [7, 11) is 1.62. The first kappa shape index (κ1) is 20.2. The molecule has 0 atom stereocenters. The minimum Gasteiger partial charge on any atom is -0.497 e. The number of carbonyl (C=O) groups is 1. The summed E-state index contributed by atoms with van der Waals surface area (Å²) < 4.78 is 10.8. The number of ether oxygens (including phenoxy) is 2. The van der Waals surface area contributed by atoms with E-state index in [1.54, 1.807) is 13.2 Å². The maximum atomic E-state index is 13.3. The van der Waals surface area contributed by atoms with E-state index in [1.807, 2.05) is 84.9 Å². The Balaban J connectivity index is 1.72. The van der Waals surface area contributed by atoms with Crippen molar-refractivity contribution in [2.75, 3.05) is 18.7 Å². The third kappa shape index (κ3) is 4.41. The van der Waals surface area contributed by atoms with Gasteiger partial charge in [-0.2, -0.15) is 10.1 Å². The molecule has 1 heterocycles. The minimum absolute atomic E-state index is 0.177. The van der Waals surface area contributed by atoms with E-state index in [4.69, 9.17) is 9.47 Å². The van der Waals surface area contributed by atoms with Crippen molar-refractivity contribution in [1.29, 1.82) is 0 Å². The number of amides is 1. The summed E-state index contributed by atoms with van der Waals surface area (Å²) in [5, 5.41) is 6.09. The molecule has 3 aromatic rings. The Labute approximate surface area is 181 Å². The van der Waals surface area contributed by atoms with Gasteiger partial charge in [-0.05, 0) is 60.2 Å². The summed E-state index contributed by atoms with van der Waals surface area (Å²) in [5.41, 5.74) is 3.57. The molecule has 0 spiro atoms. The van der Waals surface area contributed by atoms with Crippen LogP contribution in [0, 0.1) is 0 Å². The van der Waals surface area contributed by atoms with E-state index < -0.39 is 0 Å². The Hall–Kier alpha value is -4.12. The van der Waals surface area contributed by atoms with Crippen molar-refractivity contribution in [2.24, 2.45) is 5.10 Å². The van der Waals surface area contributed by atoms with Gasteiger partial charge in [0, 0.05) is 5.56 Å². The van der Waals surface area contributed by atoms with Crippen LogP contribution < -0.4 is 14.5 Å². The topological polar surface area (TPSA) is 51.1 Å². The SMILES string of the molecule is C=CCOc1ccc(/C=C2\C(=O)N(c3ccccc3)N=C2c2ccc(OC)cc2)cc1. The van der Waals surface area contributed by atoms with Gasteiger partial charge in [-0.1, -0.05) is 43.0 Å². The predicted octanol–water partition coefficient (Wildman–Crippen LogP) is 5.09. The first-order valence-electron chi connectivity index (χ1n) is 9.88. The van der Waals surface area contributed by atoms with Crippen LogP contribution in [-0.2, 0) is 4.79 Å². The summed E-state index contributed by atoms with van der Waals surface area (Å²) in [5.74, 6) is 1.31. The van der Waals surface area contributed by atoms with Gasteiger partial charge in [0.05, 0.1) is 18.4 Å². The van der Waals surface area contributed by atoms with Gasteiger partial charge in [0.2, 0.25) is 0 Å². The molecule has 154 valence electrons. The van der Waals surface area contributed by atoms with Gasteiger partial charge in [-0.25, -0.2) is 0 Å². The van der Waals surface area contributed by atoms with E-state index in [2.05, 4.69) is 11.7 Å². The number of methoxy groups -OCH3 is 1. The van der Waals surface area contributed by atoms with E-state index >= 15 is 0 Å². The second kappa shape index (κ2) is 9.13. The molecule has 3 aromatic carbocycles. The molecule has 0 unspecified atom stereocenters. The van der Waals surface area contributed by atoms with Crippen LogP contribution in [0.5, 0.6) is 11.5 Å². The van der Waals surface area contributed by atoms with Crippen LogP contribution in [0.2, 0.25) is 0 Å². The van der Waals surface area contributed by atoms with Gasteiger partial charge in [0.25, 0.3) is 5.91 Å². The molecule has 0 N–H and O–H groups in total. The fourth-order valence-corrected chi connectivity index (χ4v) is 3.23. The van der Waals surface area contributed by atoms with Crippen LogP contribution in [0.3, 0.4) is 0 Å². The molecule has 0 saturated heterocycles. The first-order valence-corrected chi connectivity index (χ1v) is 9.88. The zero-order valence-electron chi connectivity index (χ0n) is 17.2. The van der Waals surface area contributed by atoms with Crippen molar-refractivity contribution < 1.29 is 14.3 Å². The van der Waals surface area contributed by atoms with Crippen LogP contribution in [0.1, 0.15) is 11.1 Å². The molecular weight excluding hydrogens is 388 g/mol. The molecule has 5 heteroatoms. The van der Waals surface area contributed by atoms with Gasteiger partial charge >= 0.3 is 0 Å². The average Bonchev–Trinajstić information content (AvgIpc) is 3.15. The van der Waals surface area contributed by atoms with Crippen molar-refractivity contribution in [2.45, 2.75) is 0 Å². The molecule has 4 rings (SSSR count). The van der Waals surface area contributed by atoms with E-state index in [9.17, 15) is 4.79 Å². The molecule has 0 bridgehead atoms. The normalized spacial score (nSPS) is 14.5. The van der Waals surface area contributed by atoms with Gasteiger partial charge in [0.15, 0.2) is 0 Å². The lowest BCUT2D eigenvalue weighted by atomic mass is 10.00. The molecule has 1 amide bonds. The molecular formula is C26H22N2O3. The third-order valence-corrected chi connectivity index (χ3v) is 4.80. The van der Waals surface area contributed by atoms with Crippen molar-refractivity contribution in [3.05, 3.63) is 108 Å². The van der Waals surface area contributed by atoms with Crippen LogP contribution >= 0.6 is 0 Å². The number of nitrogens with zero attached hydrogens (tertiary/aromatic N) is 2. The molecule has 5 nitrogen and oxygen atoms in total. The molecule has 1 aliphatic heterocycles. The molecule has 0 aliphatic carbocycles. The third-order valence-electron chi connectivity index (χ3n) is 4.80. The fourth-order valence-electron chi connectivity index (χ4n) is 3.23. The Bertz CT molecular complexity index is 1130. The molecule has 0 radical (unpaired) electrons. The van der Waals surface area contributed by atoms with E-state index in [0.29, 0.717) is 17.9 Å². The lowest BCUT2D eigenvalue weighted by molar-refractivity contribution is -0.114. The Morgan fingerprint density at radius 3 is 2.26 bits per heavy atom. The molecule has 0 aromatic heterocycles. The second-order valence-corrected chi connectivity index (χ2v) is 6.86. The van der Waals surface area contributed by atoms with Crippen molar-refractivity contribution in [1.82, 2.24) is 0 Å². The standard InChI is InChI=1S/C26H22N2O3/c1-3-17-31-23-13-9-19(10-14-23)18-24-25(20-11-15-22(30-2)16-12-20)27-28(26(24)29)21-7-5-4-6-8-21/h3-16,18H,1,17H2,2H3/b24-18-. The molecule has 1 aliphatic rings. The fraction of sp³-hybridized carbons (Fsp3) is 0.0769. The van der Waals surface area contributed by atoms with Crippen LogP contribution in [0.15, 0.2) is 102 Å². The number of rotatable bonds is 7. The van der Waals surface area contributed by atoms with Gasteiger partial charge in [0.1, 0.15) is 23.8 Å². The number of para-hydroxylation sites is 1. The average molecular weight is 410 g/mol. The maximum absolute atomic E-state index is 13.3. The molecule has 31 heavy (non-hydrogen) atoms. The van der Waals surface area contributed by atoms with Gasteiger partial charge < -0.3 is 9.47 Å². The minimum atomic E-state index is -0.177. The second-order valence-electron chi connectivity index (χ2n) is 6.86. The smallest absolute Gasteiger partial charge is 0.281 e. The van der Waals surface area contributed by atoms with Crippen molar-refractivity contribution >= 4 is 23.4 Å². The lowest BCUT2D eigenvalue weighted by Gasteiger charge is -2.10. The number of hydrogen-bond acceptors (Lipinski definition) is 4. The Morgan fingerprint density at radius 2 is 1.61 bits per heavy atom. The van der Waals surface area contributed by atoms with E-state index in [-0.39, 0.29) is 5.91 Å². The quantitative estimate of drug-likeness (QED) is 0.402. The summed E-state index contributed by atoms with van der Waals surface area (Å²) in [6, 6.07) is 24.5. The van der Waals surface area contributed by atoms with Crippen LogP contribution in [0.25, 0.3) is 6.08 Å². The highest BCUT2D eigenvalue weighted by atomic mass is 16.5. The number of hydrogen-bond donors (Lipinski definition) is 0.